The van der Waals surface area contributed by atoms with Gasteiger partial charge in [0.2, 0.25) is 5.91 Å². The van der Waals surface area contributed by atoms with Gasteiger partial charge in [-0.1, -0.05) is 19.9 Å². The number of carboxylic acid groups (broad SMARTS) is 1. The third-order valence-corrected chi connectivity index (χ3v) is 4.75. The molecular weight excluding hydrogens is 274 g/mol. The van der Waals surface area contributed by atoms with Crippen molar-refractivity contribution in [3.8, 4) is 0 Å². The van der Waals surface area contributed by atoms with Crippen LogP contribution in [0.4, 0.5) is 0 Å². The van der Waals surface area contributed by atoms with E-state index in [1.54, 1.807) is 4.90 Å². The minimum absolute atomic E-state index is 0.0848. The van der Waals surface area contributed by atoms with E-state index < -0.39 is 11.9 Å². The number of carboxylic acids is 1. The number of thiophene rings is 1. The second kappa shape index (κ2) is 6.39. The van der Waals surface area contributed by atoms with Crippen molar-refractivity contribution in [1.82, 2.24) is 4.90 Å². The van der Waals surface area contributed by atoms with Crippen LogP contribution in [0.15, 0.2) is 17.5 Å². The Labute approximate surface area is 123 Å². The number of carbonyl (C=O) groups is 2. The molecule has 5 heteroatoms. The Balaban J connectivity index is 2.27. The highest BCUT2D eigenvalue weighted by molar-refractivity contribution is 7.10. The van der Waals surface area contributed by atoms with Gasteiger partial charge in [0.1, 0.15) is 0 Å². The summed E-state index contributed by atoms with van der Waals surface area (Å²) in [5, 5.41) is 11.4. The third-order valence-electron chi connectivity index (χ3n) is 3.81. The minimum atomic E-state index is -0.801. The molecule has 0 bridgehead atoms. The van der Waals surface area contributed by atoms with Crippen molar-refractivity contribution in [2.75, 3.05) is 6.54 Å². The van der Waals surface area contributed by atoms with E-state index in [0.29, 0.717) is 25.3 Å². The number of piperidine rings is 1. The van der Waals surface area contributed by atoms with Gasteiger partial charge in [0.15, 0.2) is 0 Å². The van der Waals surface area contributed by atoms with Crippen molar-refractivity contribution in [2.45, 2.75) is 39.2 Å². The summed E-state index contributed by atoms with van der Waals surface area (Å²) in [6, 6.07) is 3.55. The largest absolute Gasteiger partial charge is 0.481 e. The van der Waals surface area contributed by atoms with E-state index in [1.807, 2.05) is 17.5 Å². The van der Waals surface area contributed by atoms with Crippen molar-refractivity contribution >= 4 is 23.2 Å². The summed E-state index contributed by atoms with van der Waals surface area (Å²) in [4.78, 5) is 26.5. The summed E-state index contributed by atoms with van der Waals surface area (Å²) in [5.74, 6) is -0.706. The molecule has 2 rings (SSSR count). The van der Waals surface area contributed by atoms with Crippen LogP contribution in [0.1, 0.15) is 44.0 Å². The molecule has 0 unspecified atom stereocenters. The Morgan fingerprint density at radius 2 is 2.30 bits per heavy atom. The summed E-state index contributed by atoms with van der Waals surface area (Å²) in [7, 11) is 0. The third kappa shape index (κ3) is 3.20. The van der Waals surface area contributed by atoms with Crippen molar-refractivity contribution in [3.05, 3.63) is 22.4 Å². The number of hydrogen-bond donors (Lipinski definition) is 1. The number of aliphatic carboxylic acids is 1. The number of likely N-dealkylation sites (tertiary alicyclic amines) is 1. The van der Waals surface area contributed by atoms with E-state index in [9.17, 15) is 14.7 Å². The van der Waals surface area contributed by atoms with Crippen molar-refractivity contribution in [3.63, 3.8) is 0 Å². The van der Waals surface area contributed by atoms with Crippen LogP contribution in [-0.4, -0.2) is 28.4 Å². The number of rotatable bonds is 5. The first kappa shape index (κ1) is 15.0. The highest BCUT2D eigenvalue weighted by Crippen LogP contribution is 2.39. The van der Waals surface area contributed by atoms with E-state index in [1.165, 1.54) is 11.3 Å². The van der Waals surface area contributed by atoms with Crippen LogP contribution in [-0.2, 0) is 9.59 Å². The van der Waals surface area contributed by atoms with E-state index >= 15 is 0 Å². The number of amides is 1. The lowest BCUT2D eigenvalue weighted by Gasteiger charge is -2.39. The number of carbonyl (C=O) groups excluding carboxylic acids is 1. The molecule has 1 aliphatic rings. The molecule has 1 aromatic heterocycles. The maximum atomic E-state index is 12.2. The molecule has 110 valence electrons. The smallest absolute Gasteiger partial charge is 0.308 e. The first-order chi connectivity index (χ1) is 9.50. The van der Waals surface area contributed by atoms with Gasteiger partial charge >= 0.3 is 5.97 Å². The molecule has 0 radical (unpaired) electrons. The molecule has 0 saturated carbocycles. The number of hydrogen-bond acceptors (Lipinski definition) is 3. The molecule has 1 N–H and O–H groups in total. The molecule has 1 fully saturated rings. The molecule has 1 aliphatic heterocycles. The second-order valence-electron chi connectivity index (χ2n) is 5.71. The average Bonchev–Trinajstić information content (AvgIpc) is 2.89. The van der Waals surface area contributed by atoms with E-state index in [4.69, 9.17) is 0 Å². The second-order valence-corrected chi connectivity index (χ2v) is 6.69. The predicted octanol–water partition coefficient (Wildman–Crippen LogP) is 3.16. The van der Waals surface area contributed by atoms with Crippen LogP contribution < -0.4 is 0 Å². The fourth-order valence-corrected chi connectivity index (χ4v) is 3.59. The lowest BCUT2D eigenvalue weighted by atomic mass is 9.87. The molecule has 4 nitrogen and oxygen atoms in total. The van der Waals surface area contributed by atoms with Gasteiger partial charge in [-0.25, -0.2) is 0 Å². The SMILES string of the molecule is CC(C)CCN1C(=O)CC[C@H](C(=O)O)[C@H]1c1cccs1. The molecule has 0 spiro atoms. The van der Waals surface area contributed by atoms with Gasteiger partial charge in [-0.3, -0.25) is 9.59 Å². The Morgan fingerprint density at radius 1 is 1.55 bits per heavy atom. The Bertz CT molecular complexity index is 469. The molecule has 2 atom stereocenters. The van der Waals surface area contributed by atoms with Gasteiger partial charge in [0.05, 0.1) is 12.0 Å². The van der Waals surface area contributed by atoms with Crippen LogP contribution in [0.2, 0.25) is 0 Å². The standard InChI is InChI=1S/C15H21NO3S/c1-10(2)7-8-16-13(17)6-5-11(15(18)19)14(16)12-4-3-9-20-12/h3-4,9-11,14H,5-8H2,1-2H3,(H,18,19)/t11-,14-/m0/s1. The monoisotopic (exact) mass is 295 g/mol. The molecule has 2 heterocycles. The highest BCUT2D eigenvalue weighted by atomic mass is 32.1. The minimum Gasteiger partial charge on any atom is -0.481 e. The summed E-state index contributed by atoms with van der Waals surface area (Å²) >= 11 is 1.53. The van der Waals surface area contributed by atoms with Crippen LogP contribution in [0, 0.1) is 11.8 Å². The van der Waals surface area contributed by atoms with Crippen LogP contribution >= 0.6 is 11.3 Å². The normalized spacial score (nSPS) is 23.4. The predicted molar refractivity (Wildman–Crippen MR) is 78.6 cm³/mol. The van der Waals surface area contributed by atoms with Crippen molar-refractivity contribution in [2.24, 2.45) is 11.8 Å². The maximum Gasteiger partial charge on any atom is 0.308 e. The molecule has 1 amide bonds. The maximum absolute atomic E-state index is 12.2. The van der Waals surface area contributed by atoms with Crippen molar-refractivity contribution in [1.29, 1.82) is 0 Å². The highest BCUT2D eigenvalue weighted by Gasteiger charge is 2.40. The molecule has 0 aliphatic carbocycles. The Kier molecular flexibility index (Phi) is 4.81. The summed E-state index contributed by atoms with van der Waals surface area (Å²) in [6.45, 7) is 4.87. The van der Waals surface area contributed by atoms with E-state index in [0.717, 1.165) is 11.3 Å². The fraction of sp³-hybridized carbons (Fsp3) is 0.600. The number of nitrogens with zero attached hydrogens (tertiary/aromatic N) is 1. The van der Waals surface area contributed by atoms with E-state index in [-0.39, 0.29) is 11.9 Å². The Hall–Kier alpha value is -1.36. The first-order valence-electron chi connectivity index (χ1n) is 7.06. The van der Waals surface area contributed by atoms with Crippen LogP contribution in [0.3, 0.4) is 0 Å². The van der Waals surface area contributed by atoms with Gasteiger partial charge in [-0.15, -0.1) is 11.3 Å². The molecule has 1 saturated heterocycles. The topological polar surface area (TPSA) is 57.6 Å². The van der Waals surface area contributed by atoms with E-state index in [2.05, 4.69) is 13.8 Å². The van der Waals surface area contributed by atoms with Gasteiger partial charge in [0.25, 0.3) is 0 Å². The zero-order valence-corrected chi connectivity index (χ0v) is 12.7. The van der Waals surface area contributed by atoms with Gasteiger partial charge in [-0.2, -0.15) is 0 Å². The lowest BCUT2D eigenvalue weighted by Crippen LogP contribution is -2.45. The summed E-state index contributed by atoms with van der Waals surface area (Å²) in [6.07, 6.45) is 1.69. The van der Waals surface area contributed by atoms with Gasteiger partial charge in [0, 0.05) is 17.8 Å². The van der Waals surface area contributed by atoms with Crippen LogP contribution in [0.25, 0.3) is 0 Å². The first-order valence-corrected chi connectivity index (χ1v) is 7.94. The van der Waals surface area contributed by atoms with Crippen molar-refractivity contribution < 1.29 is 14.7 Å². The molecule has 0 aromatic carbocycles. The Morgan fingerprint density at radius 3 is 2.85 bits per heavy atom. The quantitative estimate of drug-likeness (QED) is 0.907. The average molecular weight is 295 g/mol. The van der Waals surface area contributed by atoms with Crippen LogP contribution in [0.5, 0.6) is 0 Å². The summed E-state index contributed by atoms with van der Waals surface area (Å²) in [5.41, 5.74) is 0. The zero-order valence-electron chi connectivity index (χ0n) is 11.9. The zero-order chi connectivity index (χ0) is 14.7. The molecule has 20 heavy (non-hydrogen) atoms. The fourth-order valence-electron chi connectivity index (χ4n) is 2.68. The van der Waals surface area contributed by atoms with Gasteiger partial charge in [-0.05, 0) is 30.2 Å². The lowest BCUT2D eigenvalue weighted by molar-refractivity contribution is -0.152. The molecular formula is C15H21NO3S. The molecule has 1 aromatic rings. The van der Waals surface area contributed by atoms with Gasteiger partial charge < -0.3 is 10.0 Å². The summed E-state index contributed by atoms with van der Waals surface area (Å²) < 4.78 is 0.